The second-order valence-corrected chi connectivity index (χ2v) is 1.75. The van der Waals surface area contributed by atoms with Crippen LogP contribution in [0.2, 0.25) is 0 Å². The molecule has 1 aromatic rings. The van der Waals surface area contributed by atoms with E-state index in [0.29, 0.717) is 0 Å². The Kier molecular flexibility index (Phi) is 5.03. The van der Waals surface area contributed by atoms with E-state index in [1.807, 2.05) is 30.3 Å². The lowest BCUT2D eigenvalue weighted by atomic mass is 10.3. The largest absolute Gasteiger partial charge is 0.328 e. The van der Waals surface area contributed by atoms with Gasteiger partial charge in [-0.25, -0.2) is 0 Å². The first-order valence-electron chi connectivity index (χ1n) is 3.01. The van der Waals surface area contributed by atoms with Gasteiger partial charge in [-0.15, -0.1) is 10.1 Å². The fourth-order valence-electron chi connectivity index (χ4n) is 0.534. The third kappa shape index (κ3) is 6.30. The maximum Gasteiger partial charge on any atom is 0.291 e. The normalized spacial score (nSPS) is 7.75. The summed E-state index contributed by atoms with van der Waals surface area (Å²) in [7, 11) is 0. The van der Waals surface area contributed by atoms with Crippen LogP contribution in [-0.4, -0.2) is 10.3 Å². The molecule has 0 fully saturated rings. The lowest BCUT2D eigenvalue weighted by molar-refractivity contribution is -0.742. The summed E-state index contributed by atoms with van der Waals surface area (Å²) in [6, 6.07) is 9.60. The average molecular weight is 171 g/mol. The minimum Gasteiger partial charge on any atom is -0.328 e. The first kappa shape index (κ1) is 10.2. The number of anilines is 1. The Balaban J connectivity index is 0.000000261. The van der Waals surface area contributed by atoms with Crippen molar-refractivity contribution in [2.45, 2.75) is 0 Å². The van der Waals surface area contributed by atoms with Gasteiger partial charge in [-0.3, -0.25) is 5.84 Å². The van der Waals surface area contributed by atoms with Gasteiger partial charge in [-0.1, -0.05) is 18.2 Å². The number of hydrogen-bond acceptors (Lipinski definition) is 4. The molecule has 0 saturated carbocycles. The molecule has 0 bridgehead atoms. The summed E-state index contributed by atoms with van der Waals surface area (Å²) in [5.41, 5.74) is 3.46. The maximum absolute atomic E-state index is 8.36. The van der Waals surface area contributed by atoms with Crippen LogP contribution in [0, 0.1) is 10.1 Å². The number of benzene rings is 1. The molecule has 0 unspecified atom stereocenters. The van der Waals surface area contributed by atoms with Crippen molar-refractivity contribution in [3.05, 3.63) is 40.4 Å². The lowest BCUT2D eigenvalue weighted by Gasteiger charge is -1.94. The van der Waals surface area contributed by atoms with Crippen LogP contribution in [0.1, 0.15) is 0 Å². The molecule has 0 aliphatic carbocycles. The van der Waals surface area contributed by atoms with E-state index >= 15 is 0 Å². The molecule has 6 nitrogen and oxygen atoms in total. The number of nitrogen functional groups attached to an aromatic ring is 1. The van der Waals surface area contributed by atoms with Crippen LogP contribution < -0.4 is 11.3 Å². The van der Waals surface area contributed by atoms with Crippen LogP contribution >= 0.6 is 0 Å². The third-order valence-corrected chi connectivity index (χ3v) is 0.940. The van der Waals surface area contributed by atoms with Gasteiger partial charge in [-0.05, 0) is 12.1 Å². The number of hydrogen-bond donors (Lipinski definition) is 3. The SMILES string of the molecule is NNc1ccccc1.O=[N+]([O-])O. The molecular formula is C6H9N3O3. The van der Waals surface area contributed by atoms with Crippen LogP contribution in [0.4, 0.5) is 5.69 Å². The molecule has 0 atom stereocenters. The highest BCUT2D eigenvalue weighted by Crippen LogP contribution is 2.00. The van der Waals surface area contributed by atoms with Crippen LogP contribution in [-0.2, 0) is 0 Å². The van der Waals surface area contributed by atoms with Gasteiger partial charge in [0, 0.05) is 5.69 Å². The van der Waals surface area contributed by atoms with Gasteiger partial charge in [0.2, 0.25) is 0 Å². The quantitative estimate of drug-likeness (QED) is 0.326. The van der Waals surface area contributed by atoms with Gasteiger partial charge in [-0.2, -0.15) is 0 Å². The second-order valence-electron chi connectivity index (χ2n) is 1.75. The molecule has 1 aromatic carbocycles. The second kappa shape index (κ2) is 5.93. The van der Waals surface area contributed by atoms with E-state index in [0.717, 1.165) is 5.69 Å². The summed E-state index contributed by atoms with van der Waals surface area (Å²) in [6.45, 7) is 0. The first-order valence-corrected chi connectivity index (χ1v) is 3.01. The van der Waals surface area contributed by atoms with Crippen LogP contribution in [0.5, 0.6) is 0 Å². The number of para-hydroxylation sites is 1. The fraction of sp³-hybridized carbons (Fsp3) is 0. The Morgan fingerprint density at radius 1 is 1.42 bits per heavy atom. The predicted molar refractivity (Wildman–Crippen MR) is 43.0 cm³/mol. The van der Waals surface area contributed by atoms with E-state index in [4.69, 9.17) is 21.2 Å². The zero-order valence-electron chi connectivity index (χ0n) is 6.18. The third-order valence-electron chi connectivity index (χ3n) is 0.940. The maximum atomic E-state index is 8.36. The summed E-state index contributed by atoms with van der Waals surface area (Å²) >= 11 is 0. The molecule has 0 spiro atoms. The van der Waals surface area contributed by atoms with Gasteiger partial charge < -0.3 is 10.6 Å². The van der Waals surface area contributed by atoms with Gasteiger partial charge in [0.1, 0.15) is 0 Å². The molecule has 0 radical (unpaired) electrons. The molecule has 6 heteroatoms. The van der Waals surface area contributed by atoms with Gasteiger partial charge >= 0.3 is 0 Å². The predicted octanol–water partition coefficient (Wildman–Crippen LogP) is 0.625. The van der Waals surface area contributed by atoms with Crippen LogP contribution in [0.3, 0.4) is 0 Å². The number of nitrogens with one attached hydrogen (secondary N) is 1. The first-order chi connectivity index (χ1) is 5.66. The van der Waals surface area contributed by atoms with Crippen molar-refractivity contribution in [1.82, 2.24) is 0 Å². The molecule has 12 heavy (non-hydrogen) atoms. The average Bonchev–Trinajstić information content (AvgIpc) is 2.05. The van der Waals surface area contributed by atoms with Crippen molar-refractivity contribution in [2.75, 3.05) is 5.43 Å². The van der Waals surface area contributed by atoms with E-state index in [9.17, 15) is 0 Å². The molecule has 66 valence electrons. The van der Waals surface area contributed by atoms with Crippen molar-refractivity contribution in [2.24, 2.45) is 5.84 Å². The van der Waals surface area contributed by atoms with E-state index in [1.54, 1.807) is 0 Å². The van der Waals surface area contributed by atoms with Crippen molar-refractivity contribution in [1.29, 1.82) is 0 Å². The van der Waals surface area contributed by atoms with Crippen molar-refractivity contribution >= 4 is 5.69 Å². The zero-order chi connectivity index (χ0) is 9.40. The summed E-state index contributed by atoms with van der Waals surface area (Å²) in [5.74, 6) is 5.10. The van der Waals surface area contributed by atoms with Gasteiger partial charge in [0.15, 0.2) is 0 Å². The standard InChI is InChI=1S/C6H8N2.HNO3/c7-8-6-4-2-1-3-5-6;2-1(3)4/h1-5,8H,7H2;(H,2,3,4). The molecule has 0 heterocycles. The molecule has 0 saturated heterocycles. The minimum absolute atomic E-state index is 0.938. The molecular weight excluding hydrogens is 162 g/mol. The van der Waals surface area contributed by atoms with Crippen molar-refractivity contribution in [3.8, 4) is 0 Å². The van der Waals surface area contributed by atoms with Gasteiger partial charge in [0.25, 0.3) is 5.09 Å². The highest BCUT2D eigenvalue weighted by Gasteiger charge is 1.78. The van der Waals surface area contributed by atoms with Crippen molar-refractivity contribution in [3.63, 3.8) is 0 Å². The molecule has 4 N–H and O–H groups in total. The summed E-state index contributed by atoms with van der Waals surface area (Å²) in [5, 5.41) is 13.6. The fourth-order valence-corrected chi connectivity index (χ4v) is 0.534. The number of rotatable bonds is 1. The lowest BCUT2D eigenvalue weighted by Crippen LogP contribution is -2.05. The summed E-state index contributed by atoms with van der Waals surface area (Å²) in [4.78, 5) is 8.36. The van der Waals surface area contributed by atoms with E-state index in [-0.39, 0.29) is 0 Å². The Morgan fingerprint density at radius 2 is 1.83 bits per heavy atom. The Bertz CT molecular complexity index is 223. The Labute approximate surface area is 68.7 Å². The number of nitrogens with zero attached hydrogens (tertiary/aromatic N) is 1. The minimum atomic E-state index is -1.50. The zero-order valence-corrected chi connectivity index (χ0v) is 6.18. The topological polar surface area (TPSA) is 101 Å². The highest BCUT2D eigenvalue weighted by atomic mass is 16.9. The molecule has 0 amide bonds. The Hall–Kier alpha value is -1.82. The van der Waals surface area contributed by atoms with Crippen LogP contribution in [0.25, 0.3) is 0 Å². The van der Waals surface area contributed by atoms with Crippen molar-refractivity contribution < 1.29 is 10.3 Å². The molecule has 0 aromatic heterocycles. The molecule has 0 aliphatic rings. The number of nitrogens with two attached hydrogens (primary N) is 1. The van der Waals surface area contributed by atoms with E-state index in [1.165, 1.54) is 0 Å². The van der Waals surface area contributed by atoms with Gasteiger partial charge in [0.05, 0.1) is 0 Å². The Morgan fingerprint density at radius 3 is 2.08 bits per heavy atom. The summed E-state index contributed by atoms with van der Waals surface area (Å²) in [6.07, 6.45) is 0. The van der Waals surface area contributed by atoms with E-state index in [2.05, 4.69) is 5.43 Å². The van der Waals surface area contributed by atoms with Crippen LogP contribution in [0.15, 0.2) is 30.3 Å². The number of hydrazine groups is 1. The van der Waals surface area contributed by atoms with E-state index < -0.39 is 5.09 Å². The highest BCUT2D eigenvalue weighted by molar-refractivity contribution is 5.40. The molecule has 0 aliphatic heterocycles. The molecule has 1 rings (SSSR count). The summed E-state index contributed by atoms with van der Waals surface area (Å²) < 4.78 is 0. The smallest absolute Gasteiger partial charge is 0.291 e. The monoisotopic (exact) mass is 171 g/mol.